The highest BCUT2D eigenvalue weighted by Gasteiger charge is 2.22. The van der Waals surface area contributed by atoms with Gasteiger partial charge in [0.25, 0.3) is 0 Å². The zero-order valence-electron chi connectivity index (χ0n) is 29.9. The molecule has 0 saturated heterocycles. The molecule has 0 spiro atoms. The molecule has 0 fully saturated rings. The Bertz CT molecular complexity index is 3120. The van der Waals surface area contributed by atoms with E-state index in [2.05, 4.69) is 181 Å². The van der Waals surface area contributed by atoms with Gasteiger partial charge in [0.05, 0.1) is 22.4 Å². The molecule has 2 heterocycles. The molecular formula is C51H35N3. The van der Waals surface area contributed by atoms with Gasteiger partial charge in [-0.25, -0.2) is 9.97 Å². The monoisotopic (exact) mass is 689 g/mol. The van der Waals surface area contributed by atoms with Gasteiger partial charge < -0.3 is 4.57 Å². The number of nitrogens with zero attached hydrogens (tertiary/aromatic N) is 3. The van der Waals surface area contributed by atoms with Crippen LogP contribution in [0.5, 0.6) is 0 Å². The average molecular weight is 690 g/mol. The zero-order chi connectivity index (χ0) is 35.8. The van der Waals surface area contributed by atoms with Crippen molar-refractivity contribution in [1.82, 2.24) is 14.5 Å². The summed E-state index contributed by atoms with van der Waals surface area (Å²) >= 11 is 0. The fourth-order valence-electron chi connectivity index (χ4n) is 8.80. The minimum Gasteiger partial charge on any atom is -0.309 e. The van der Waals surface area contributed by atoms with Crippen LogP contribution in [0, 0.1) is 6.92 Å². The van der Waals surface area contributed by atoms with Gasteiger partial charge in [-0.05, 0) is 88.5 Å². The molecule has 8 aromatic carbocycles. The molecule has 0 unspecified atom stereocenters. The molecule has 0 atom stereocenters. The molecule has 0 N–H and O–H groups in total. The Morgan fingerprint density at radius 3 is 1.91 bits per heavy atom. The lowest BCUT2D eigenvalue weighted by atomic mass is 9.84. The summed E-state index contributed by atoms with van der Waals surface area (Å²) in [5.74, 6) is 0.744. The van der Waals surface area contributed by atoms with Crippen molar-refractivity contribution in [2.24, 2.45) is 0 Å². The van der Waals surface area contributed by atoms with Crippen molar-refractivity contribution in [3.63, 3.8) is 0 Å². The van der Waals surface area contributed by atoms with Crippen LogP contribution in [0.2, 0.25) is 0 Å². The first-order chi connectivity index (χ1) is 26.7. The maximum Gasteiger partial charge on any atom is 0.160 e. The Labute approximate surface area is 313 Å². The molecule has 2 aromatic heterocycles. The second-order valence-electron chi connectivity index (χ2n) is 14.5. The summed E-state index contributed by atoms with van der Waals surface area (Å²) in [6, 6.07) is 61.6. The third-order valence-electron chi connectivity index (χ3n) is 11.4. The largest absolute Gasteiger partial charge is 0.309 e. The first-order valence-corrected chi connectivity index (χ1v) is 18.8. The maximum atomic E-state index is 5.30. The highest BCUT2D eigenvalue weighted by atomic mass is 15.0. The van der Waals surface area contributed by atoms with Crippen LogP contribution in [0.1, 0.15) is 16.7 Å². The first-order valence-electron chi connectivity index (χ1n) is 18.8. The van der Waals surface area contributed by atoms with Gasteiger partial charge in [0, 0.05) is 44.1 Å². The molecule has 0 saturated carbocycles. The van der Waals surface area contributed by atoms with Crippen LogP contribution < -0.4 is 0 Å². The van der Waals surface area contributed by atoms with E-state index < -0.39 is 0 Å². The van der Waals surface area contributed by atoms with Crippen molar-refractivity contribution >= 4 is 43.4 Å². The van der Waals surface area contributed by atoms with Crippen molar-refractivity contribution in [1.29, 1.82) is 0 Å². The third-order valence-corrected chi connectivity index (χ3v) is 11.4. The predicted molar refractivity (Wildman–Crippen MR) is 225 cm³/mol. The lowest BCUT2D eigenvalue weighted by molar-refractivity contribution is 0.938. The summed E-state index contributed by atoms with van der Waals surface area (Å²) in [6.45, 7) is 2.16. The molecule has 3 nitrogen and oxygen atoms in total. The number of fused-ring (bicyclic) bond motifs is 9. The lowest BCUT2D eigenvalue weighted by Gasteiger charge is -2.23. The summed E-state index contributed by atoms with van der Waals surface area (Å²) in [4.78, 5) is 10.5. The predicted octanol–water partition coefficient (Wildman–Crippen LogP) is 13.0. The number of hydrogen-bond donors (Lipinski definition) is 0. The quantitative estimate of drug-likeness (QED) is 0.184. The fourth-order valence-corrected chi connectivity index (χ4v) is 8.80. The standard InChI is InChI=1S/C51H35N3/c1-32-48(35-13-3-2-4-14-35)52-51(40-22-19-33-11-5-6-15-36(33)29-40)53-49(32)39-24-26-42-37(30-39)20-21-38-31-41(25-28-43(38)42)54-47-18-10-9-17-45(47)46-27-23-34-12-7-8-16-44(34)50(46)54/h2-19,22-31H,20-21H2,1H3. The van der Waals surface area contributed by atoms with Crippen LogP contribution in [0.15, 0.2) is 170 Å². The van der Waals surface area contributed by atoms with E-state index in [1.807, 2.05) is 0 Å². The summed E-state index contributed by atoms with van der Waals surface area (Å²) in [6.07, 6.45) is 1.96. The van der Waals surface area contributed by atoms with E-state index in [-0.39, 0.29) is 0 Å². The average Bonchev–Trinajstić information content (AvgIpc) is 3.58. The first kappa shape index (κ1) is 30.8. The number of rotatable bonds is 4. The second-order valence-corrected chi connectivity index (χ2v) is 14.5. The maximum absolute atomic E-state index is 5.30. The van der Waals surface area contributed by atoms with Gasteiger partial charge in [-0.2, -0.15) is 0 Å². The molecule has 0 radical (unpaired) electrons. The summed E-state index contributed by atoms with van der Waals surface area (Å²) in [7, 11) is 0. The fraction of sp³-hybridized carbons (Fsp3) is 0.0588. The normalized spacial score (nSPS) is 12.4. The lowest BCUT2D eigenvalue weighted by Crippen LogP contribution is -2.06. The van der Waals surface area contributed by atoms with Crippen molar-refractivity contribution in [3.8, 4) is 50.7 Å². The number of para-hydroxylation sites is 1. The van der Waals surface area contributed by atoms with Crippen LogP contribution in [0.25, 0.3) is 94.1 Å². The van der Waals surface area contributed by atoms with Gasteiger partial charge in [0.1, 0.15) is 0 Å². The van der Waals surface area contributed by atoms with Gasteiger partial charge in [-0.3, -0.25) is 0 Å². The third kappa shape index (κ3) is 4.82. The summed E-state index contributed by atoms with van der Waals surface area (Å²) in [5.41, 5.74) is 15.4. The highest BCUT2D eigenvalue weighted by Crippen LogP contribution is 2.41. The van der Waals surface area contributed by atoms with Gasteiger partial charge >= 0.3 is 0 Å². The summed E-state index contributed by atoms with van der Waals surface area (Å²) in [5, 5.41) is 7.51. The zero-order valence-corrected chi connectivity index (χ0v) is 29.9. The van der Waals surface area contributed by atoms with Gasteiger partial charge in [0.2, 0.25) is 0 Å². The second kappa shape index (κ2) is 12.1. The summed E-state index contributed by atoms with van der Waals surface area (Å²) < 4.78 is 2.47. The Hall–Kier alpha value is -6.84. The van der Waals surface area contributed by atoms with E-state index in [1.54, 1.807) is 0 Å². The Morgan fingerprint density at radius 2 is 1.07 bits per heavy atom. The molecule has 3 heteroatoms. The van der Waals surface area contributed by atoms with E-state index in [9.17, 15) is 0 Å². The Balaban J connectivity index is 1.03. The van der Waals surface area contributed by atoms with Crippen molar-refractivity contribution < 1.29 is 0 Å². The molecule has 0 aliphatic heterocycles. The molecule has 11 rings (SSSR count). The molecule has 254 valence electrons. The van der Waals surface area contributed by atoms with Crippen LogP contribution >= 0.6 is 0 Å². The van der Waals surface area contributed by atoms with Gasteiger partial charge in [-0.1, -0.05) is 140 Å². The molecule has 1 aliphatic rings. The van der Waals surface area contributed by atoms with Crippen molar-refractivity contribution in [3.05, 3.63) is 187 Å². The van der Waals surface area contributed by atoms with Crippen molar-refractivity contribution in [2.75, 3.05) is 0 Å². The van der Waals surface area contributed by atoms with Gasteiger partial charge in [0.15, 0.2) is 5.82 Å². The number of aromatic nitrogens is 3. The molecular weight excluding hydrogens is 655 g/mol. The minimum absolute atomic E-state index is 0.744. The van der Waals surface area contributed by atoms with Crippen LogP contribution in [-0.2, 0) is 12.8 Å². The smallest absolute Gasteiger partial charge is 0.160 e. The van der Waals surface area contributed by atoms with Crippen LogP contribution in [0.3, 0.4) is 0 Å². The van der Waals surface area contributed by atoms with E-state index in [1.165, 1.54) is 71.3 Å². The van der Waals surface area contributed by atoms with Crippen molar-refractivity contribution in [2.45, 2.75) is 19.8 Å². The number of hydrogen-bond acceptors (Lipinski definition) is 2. The molecule has 0 amide bonds. The highest BCUT2D eigenvalue weighted by molar-refractivity contribution is 6.18. The van der Waals surface area contributed by atoms with E-state index in [0.717, 1.165) is 52.3 Å². The van der Waals surface area contributed by atoms with Gasteiger partial charge in [-0.15, -0.1) is 0 Å². The SMILES string of the molecule is Cc1c(-c2ccccc2)nc(-c2ccc3ccccc3c2)nc1-c1ccc2c(c1)CCc1cc(-n3c4ccccc4c4ccc5ccccc5c43)ccc1-2. The number of aryl methyl sites for hydroxylation is 2. The molecule has 10 aromatic rings. The van der Waals surface area contributed by atoms with Crippen LogP contribution in [-0.4, -0.2) is 14.5 Å². The van der Waals surface area contributed by atoms with E-state index >= 15 is 0 Å². The molecule has 54 heavy (non-hydrogen) atoms. The molecule has 0 bridgehead atoms. The Kier molecular flexibility index (Phi) is 6.90. The van der Waals surface area contributed by atoms with E-state index in [4.69, 9.17) is 9.97 Å². The topological polar surface area (TPSA) is 30.7 Å². The van der Waals surface area contributed by atoms with Crippen LogP contribution in [0.4, 0.5) is 0 Å². The Morgan fingerprint density at radius 1 is 0.444 bits per heavy atom. The van der Waals surface area contributed by atoms with E-state index in [0.29, 0.717) is 0 Å². The number of benzene rings is 8. The molecule has 1 aliphatic carbocycles. The minimum atomic E-state index is 0.744.